The summed E-state index contributed by atoms with van der Waals surface area (Å²) < 4.78 is 60.3. The molecule has 0 aliphatic heterocycles. The fraction of sp³-hybridized carbons (Fsp3) is 0.133. The van der Waals surface area contributed by atoms with Gasteiger partial charge in [0, 0.05) is 17.5 Å². The molecule has 0 bridgehead atoms. The van der Waals surface area contributed by atoms with Gasteiger partial charge >= 0.3 is 6.18 Å². The van der Waals surface area contributed by atoms with Gasteiger partial charge in [-0.15, -0.1) is 0 Å². The molecule has 0 radical (unpaired) electrons. The molecule has 0 aliphatic carbocycles. The Balaban J connectivity index is 2.20. The lowest BCUT2D eigenvalue weighted by atomic mass is 10.2. The third kappa shape index (κ3) is 4.32. The Labute approximate surface area is 130 Å². The average Bonchev–Trinajstić information content (AvgIpc) is 2.46. The third-order valence-electron chi connectivity index (χ3n) is 2.99. The summed E-state index contributed by atoms with van der Waals surface area (Å²) >= 11 is 0. The molecule has 122 valence electrons. The molecule has 0 atom stereocenters. The molecule has 1 N–H and O–H groups in total. The summed E-state index contributed by atoms with van der Waals surface area (Å²) in [6, 6.07) is 9.33. The van der Waals surface area contributed by atoms with E-state index in [9.17, 15) is 26.4 Å². The molecule has 0 saturated heterocycles. The highest BCUT2D eigenvalue weighted by molar-refractivity contribution is 7.90. The SMILES string of the molecule is CS(=O)(=O)c1cccc(C(=O)Nc2ccc(C(F)(F)F)cc2)c1. The van der Waals surface area contributed by atoms with E-state index in [1.807, 2.05) is 0 Å². The Morgan fingerprint density at radius 3 is 2.17 bits per heavy atom. The molecule has 0 aliphatic rings. The number of carbonyl (C=O) groups is 1. The summed E-state index contributed by atoms with van der Waals surface area (Å²) in [4.78, 5) is 12.0. The smallest absolute Gasteiger partial charge is 0.322 e. The Hall–Kier alpha value is -2.35. The lowest BCUT2D eigenvalue weighted by molar-refractivity contribution is -0.137. The van der Waals surface area contributed by atoms with E-state index in [0.29, 0.717) is 0 Å². The zero-order valence-corrected chi connectivity index (χ0v) is 12.7. The monoisotopic (exact) mass is 343 g/mol. The highest BCUT2D eigenvalue weighted by Crippen LogP contribution is 2.29. The summed E-state index contributed by atoms with van der Waals surface area (Å²) in [5, 5.41) is 2.41. The maximum absolute atomic E-state index is 12.5. The first-order chi connectivity index (χ1) is 10.6. The number of hydrogen-bond acceptors (Lipinski definition) is 3. The van der Waals surface area contributed by atoms with Crippen molar-refractivity contribution in [1.29, 1.82) is 0 Å². The number of carbonyl (C=O) groups excluding carboxylic acids is 1. The standard InChI is InChI=1S/C15H12F3NO3S/c1-23(21,22)13-4-2-3-10(9-13)14(20)19-12-7-5-11(6-8-12)15(16,17)18/h2-9H,1H3,(H,19,20). The molecular formula is C15H12F3NO3S. The molecule has 2 aromatic rings. The van der Waals surface area contributed by atoms with Crippen LogP contribution in [0, 0.1) is 0 Å². The molecule has 0 aromatic heterocycles. The van der Waals surface area contributed by atoms with Crippen LogP contribution in [0.25, 0.3) is 0 Å². The van der Waals surface area contributed by atoms with Crippen molar-refractivity contribution in [2.45, 2.75) is 11.1 Å². The Bertz CT molecular complexity index is 828. The molecule has 8 heteroatoms. The molecule has 4 nitrogen and oxygen atoms in total. The predicted octanol–water partition coefficient (Wildman–Crippen LogP) is 3.36. The fourth-order valence-electron chi connectivity index (χ4n) is 1.81. The molecule has 2 rings (SSSR count). The van der Waals surface area contributed by atoms with E-state index < -0.39 is 27.5 Å². The van der Waals surface area contributed by atoms with E-state index in [0.717, 1.165) is 30.5 Å². The van der Waals surface area contributed by atoms with Crippen molar-refractivity contribution in [3.8, 4) is 0 Å². The number of rotatable bonds is 3. The number of alkyl halides is 3. The van der Waals surface area contributed by atoms with Crippen molar-refractivity contribution in [3.63, 3.8) is 0 Å². The van der Waals surface area contributed by atoms with Gasteiger partial charge in [0.2, 0.25) is 0 Å². The second kappa shape index (κ2) is 6.04. The molecule has 0 unspecified atom stereocenters. The van der Waals surface area contributed by atoms with Gasteiger partial charge in [0.1, 0.15) is 0 Å². The highest BCUT2D eigenvalue weighted by atomic mass is 32.2. The fourth-order valence-corrected chi connectivity index (χ4v) is 2.48. The van der Waals surface area contributed by atoms with Crippen molar-refractivity contribution in [2.24, 2.45) is 0 Å². The molecule has 23 heavy (non-hydrogen) atoms. The van der Waals surface area contributed by atoms with E-state index in [1.165, 1.54) is 24.3 Å². The summed E-state index contributed by atoms with van der Waals surface area (Å²) in [6.45, 7) is 0. The molecule has 0 heterocycles. The lowest BCUT2D eigenvalue weighted by Gasteiger charge is -2.09. The van der Waals surface area contributed by atoms with Gasteiger partial charge in [0.05, 0.1) is 10.5 Å². The highest BCUT2D eigenvalue weighted by Gasteiger charge is 2.30. The van der Waals surface area contributed by atoms with Gasteiger partial charge in [-0.25, -0.2) is 8.42 Å². The summed E-state index contributed by atoms with van der Waals surface area (Å²) in [5.41, 5.74) is -0.560. The quantitative estimate of drug-likeness (QED) is 0.929. The predicted molar refractivity (Wildman–Crippen MR) is 78.9 cm³/mol. The lowest BCUT2D eigenvalue weighted by Crippen LogP contribution is -2.13. The number of benzene rings is 2. The summed E-state index contributed by atoms with van der Waals surface area (Å²) in [6.07, 6.45) is -3.44. The number of hydrogen-bond donors (Lipinski definition) is 1. The first-order valence-electron chi connectivity index (χ1n) is 6.36. The third-order valence-corrected chi connectivity index (χ3v) is 4.10. The second-order valence-electron chi connectivity index (χ2n) is 4.83. The van der Waals surface area contributed by atoms with Crippen LogP contribution in [0.2, 0.25) is 0 Å². The zero-order chi connectivity index (χ0) is 17.3. The normalized spacial score (nSPS) is 12.0. The van der Waals surface area contributed by atoms with Crippen molar-refractivity contribution in [2.75, 3.05) is 11.6 Å². The first-order valence-corrected chi connectivity index (χ1v) is 8.25. The van der Waals surface area contributed by atoms with Crippen LogP contribution in [0.3, 0.4) is 0 Å². The van der Waals surface area contributed by atoms with Crippen molar-refractivity contribution >= 4 is 21.4 Å². The number of halogens is 3. The maximum Gasteiger partial charge on any atom is 0.416 e. The van der Waals surface area contributed by atoms with Crippen LogP contribution in [0.1, 0.15) is 15.9 Å². The molecular weight excluding hydrogens is 331 g/mol. The van der Waals surface area contributed by atoms with Gasteiger partial charge in [-0.2, -0.15) is 13.2 Å². The van der Waals surface area contributed by atoms with E-state index in [1.54, 1.807) is 0 Å². The van der Waals surface area contributed by atoms with Crippen molar-refractivity contribution < 1.29 is 26.4 Å². The number of amides is 1. The topological polar surface area (TPSA) is 63.2 Å². The largest absolute Gasteiger partial charge is 0.416 e. The van der Waals surface area contributed by atoms with Gasteiger partial charge < -0.3 is 5.32 Å². The summed E-state index contributed by atoms with van der Waals surface area (Å²) in [5.74, 6) is -0.616. The first kappa shape index (κ1) is 17.0. The van der Waals surface area contributed by atoms with Gasteiger partial charge in [0.25, 0.3) is 5.91 Å². The van der Waals surface area contributed by atoms with Crippen LogP contribution < -0.4 is 5.32 Å². The van der Waals surface area contributed by atoms with Crippen molar-refractivity contribution in [1.82, 2.24) is 0 Å². The number of nitrogens with one attached hydrogen (secondary N) is 1. The van der Waals surface area contributed by atoms with Gasteiger partial charge in [-0.1, -0.05) is 6.07 Å². The van der Waals surface area contributed by atoms with Crippen LogP contribution in [-0.4, -0.2) is 20.6 Å². The number of anilines is 1. The second-order valence-corrected chi connectivity index (χ2v) is 6.84. The number of sulfone groups is 1. The molecule has 0 saturated carbocycles. The Kier molecular flexibility index (Phi) is 4.46. The van der Waals surface area contributed by atoms with Gasteiger partial charge in [-0.05, 0) is 42.5 Å². The summed E-state index contributed by atoms with van der Waals surface area (Å²) in [7, 11) is -3.46. The Morgan fingerprint density at radius 2 is 1.65 bits per heavy atom. The minimum absolute atomic E-state index is 0.0161. The van der Waals surface area contributed by atoms with Crippen molar-refractivity contribution in [3.05, 3.63) is 59.7 Å². The van der Waals surface area contributed by atoms with E-state index >= 15 is 0 Å². The van der Waals surface area contributed by atoms with Gasteiger partial charge in [0.15, 0.2) is 9.84 Å². The molecule has 2 aromatic carbocycles. The van der Waals surface area contributed by atoms with E-state index in [-0.39, 0.29) is 16.1 Å². The van der Waals surface area contributed by atoms with E-state index in [4.69, 9.17) is 0 Å². The van der Waals surface area contributed by atoms with Crippen LogP contribution in [0.15, 0.2) is 53.4 Å². The van der Waals surface area contributed by atoms with Crippen LogP contribution >= 0.6 is 0 Å². The van der Waals surface area contributed by atoms with Crippen LogP contribution in [0.4, 0.5) is 18.9 Å². The zero-order valence-electron chi connectivity index (χ0n) is 11.9. The average molecular weight is 343 g/mol. The molecule has 1 amide bonds. The maximum atomic E-state index is 12.5. The van der Waals surface area contributed by atoms with Gasteiger partial charge in [-0.3, -0.25) is 4.79 Å². The van der Waals surface area contributed by atoms with Crippen LogP contribution in [0.5, 0.6) is 0 Å². The van der Waals surface area contributed by atoms with Crippen LogP contribution in [-0.2, 0) is 16.0 Å². The minimum atomic E-state index is -4.45. The molecule has 0 fully saturated rings. The minimum Gasteiger partial charge on any atom is -0.322 e. The molecule has 0 spiro atoms. The Morgan fingerprint density at radius 1 is 1.04 bits per heavy atom. The van der Waals surface area contributed by atoms with E-state index in [2.05, 4.69) is 5.32 Å².